The van der Waals surface area contributed by atoms with Crippen molar-refractivity contribution in [2.75, 3.05) is 23.9 Å². The zero-order chi connectivity index (χ0) is 18.2. The number of nitriles is 1. The average Bonchev–Trinajstić information content (AvgIpc) is 2.62. The Kier molecular flexibility index (Phi) is 6.13. The molecule has 0 spiro atoms. The number of carbonyl (C=O) groups is 2. The lowest BCUT2D eigenvalue weighted by Gasteiger charge is -2.22. The van der Waals surface area contributed by atoms with E-state index in [4.69, 9.17) is 4.74 Å². The van der Waals surface area contributed by atoms with Gasteiger partial charge in [0.15, 0.2) is 0 Å². The van der Waals surface area contributed by atoms with Crippen LogP contribution in [0.3, 0.4) is 0 Å². The van der Waals surface area contributed by atoms with Gasteiger partial charge in [0.25, 0.3) is 0 Å². The summed E-state index contributed by atoms with van der Waals surface area (Å²) in [5.74, 6) is 0.192. The number of nitrogens with zero attached hydrogens (tertiary/aromatic N) is 2. The van der Waals surface area contributed by atoms with Crippen LogP contribution in [0.15, 0.2) is 48.5 Å². The number of amides is 2. The molecule has 0 aliphatic heterocycles. The van der Waals surface area contributed by atoms with Gasteiger partial charge in [0.05, 0.1) is 18.4 Å². The number of hydrogen-bond acceptors (Lipinski definition) is 4. The molecule has 2 aromatic carbocycles. The molecule has 2 rings (SSSR count). The summed E-state index contributed by atoms with van der Waals surface area (Å²) in [6, 6.07) is 15.9. The fraction of sp³-hybridized carbons (Fsp3) is 0.211. The van der Waals surface area contributed by atoms with Gasteiger partial charge in [-0.1, -0.05) is 18.2 Å². The van der Waals surface area contributed by atoms with E-state index in [9.17, 15) is 14.9 Å². The fourth-order valence-electron chi connectivity index (χ4n) is 2.39. The van der Waals surface area contributed by atoms with E-state index in [1.165, 1.54) is 11.8 Å². The van der Waals surface area contributed by atoms with Crippen molar-refractivity contribution >= 4 is 23.2 Å². The van der Waals surface area contributed by atoms with Crippen molar-refractivity contribution in [2.24, 2.45) is 0 Å². The molecular weight excluding hydrogens is 318 g/mol. The summed E-state index contributed by atoms with van der Waals surface area (Å²) in [6.45, 7) is 1.60. The molecule has 0 saturated carbocycles. The Morgan fingerprint density at radius 1 is 1.20 bits per heavy atom. The Balaban J connectivity index is 2.05. The number of methoxy groups -OCH3 is 1. The second kappa shape index (κ2) is 8.50. The van der Waals surface area contributed by atoms with Crippen LogP contribution < -0.4 is 15.0 Å². The van der Waals surface area contributed by atoms with Gasteiger partial charge in [0.2, 0.25) is 11.8 Å². The van der Waals surface area contributed by atoms with Crippen LogP contribution >= 0.6 is 0 Å². The smallest absolute Gasteiger partial charge is 0.226 e. The van der Waals surface area contributed by atoms with Crippen molar-refractivity contribution in [3.05, 3.63) is 54.1 Å². The first-order valence-electron chi connectivity index (χ1n) is 7.76. The Morgan fingerprint density at radius 2 is 1.96 bits per heavy atom. The number of anilines is 2. The topological polar surface area (TPSA) is 82.4 Å². The molecule has 0 atom stereocenters. The summed E-state index contributed by atoms with van der Waals surface area (Å²) in [6.07, 6.45) is 0.108. The third kappa shape index (κ3) is 4.82. The van der Waals surface area contributed by atoms with Crippen molar-refractivity contribution in [1.82, 2.24) is 0 Å². The van der Waals surface area contributed by atoms with Crippen molar-refractivity contribution in [3.8, 4) is 11.8 Å². The van der Waals surface area contributed by atoms with E-state index in [1.54, 1.807) is 55.6 Å². The van der Waals surface area contributed by atoms with E-state index < -0.39 is 0 Å². The van der Waals surface area contributed by atoms with Gasteiger partial charge in [-0.2, -0.15) is 5.26 Å². The molecule has 0 fully saturated rings. The highest BCUT2D eigenvalue weighted by molar-refractivity contribution is 5.95. The molecule has 1 N–H and O–H groups in total. The van der Waals surface area contributed by atoms with Crippen LogP contribution in [0.4, 0.5) is 11.4 Å². The van der Waals surface area contributed by atoms with Gasteiger partial charge in [-0.15, -0.1) is 0 Å². The molecule has 2 aromatic rings. The van der Waals surface area contributed by atoms with Gasteiger partial charge in [-0.25, -0.2) is 0 Å². The quantitative estimate of drug-likeness (QED) is 0.878. The molecule has 25 heavy (non-hydrogen) atoms. The van der Waals surface area contributed by atoms with E-state index in [-0.39, 0.29) is 24.8 Å². The third-order valence-corrected chi connectivity index (χ3v) is 3.61. The molecule has 0 aliphatic carbocycles. The third-order valence-electron chi connectivity index (χ3n) is 3.61. The van der Waals surface area contributed by atoms with Gasteiger partial charge in [0, 0.05) is 31.6 Å². The summed E-state index contributed by atoms with van der Waals surface area (Å²) in [7, 11) is 1.55. The minimum atomic E-state index is -0.228. The van der Waals surface area contributed by atoms with Crippen LogP contribution in [-0.4, -0.2) is 25.5 Å². The summed E-state index contributed by atoms with van der Waals surface area (Å²) >= 11 is 0. The minimum absolute atomic E-state index is 0.108. The first-order valence-corrected chi connectivity index (χ1v) is 7.76. The first-order chi connectivity index (χ1) is 12.0. The second-order valence-electron chi connectivity index (χ2n) is 5.33. The summed E-state index contributed by atoms with van der Waals surface area (Å²) in [4.78, 5) is 25.5. The van der Waals surface area contributed by atoms with E-state index in [2.05, 4.69) is 11.4 Å². The first kappa shape index (κ1) is 18.0. The summed E-state index contributed by atoms with van der Waals surface area (Å²) in [5, 5.41) is 12.0. The van der Waals surface area contributed by atoms with Crippen molar-refractivity contribution < 1.29 is 14.3 Å². The monoisotopic (exact) mass is 337 g/mol. The van der Waals surface area contributed by atoms with Crippen LogP contribution in [0, 0.1) is 11.3 Å². The summed E-state index contributed by atoms with van der Waals surface area (Å²) < 4.78 is 5.11. The number of rotatable bonds is 6. The van der Waals surface area contributed by atoms with Gasteiger partial charge < -0.3 is 15.0 Å². The molecule has 0 radical (unpaired) electrons. The van der Waals surface area contributed by atoms with Crippen LogP contribution in [0.2, 0.25) is 0 Å². The van der Waals surface area contributed by atoms with E-state index in [1.807, 2.05) is 0 Å². The van der Waals surface area contributed by atoms with Crippen LogP contribution in [0.5, 0.6) is 5.75 Å². The van der Waals surface area contributed by atoms with Crippen LogP contribution in [0.1, 0.15) is 18.9 Å². The Morgan fingerprint density at radius 3 is 2.64 bits per heavy atom. The Bertz CT molecular complexity index is 812. The Labute approximate surface area is 146 Å². The molecule has 0 saturated heterocycles. The molecule has 0 aromatic heterocycles. The maximum Gasteiger partial charge on any atom is 0.226 e. The highest BCUT2D eigenvalue weighted by Crippen LogP contribution is 2.21. The van der Waals surface area contributed by atoms with Crippen molar-refractivity contribution in [2.45, 2.75) is 13.3 Å². The van der Waals surface area contributed by atoms with Gasteiger partial charge in [-0.05, 0) is 24.3 Å². The number of para-hydroxylation sites is 1. The molecular formula is C19H19N3O3. The largest absolute Gasteiger partial charge is 0.497 e. The lowest BCUT2D eigenvalue weighted by Crippen LogP contribution is -2.32. The normalized spacial score (nSPS) is 9.80. The number of ether oxygens (including phenoxy) is 1. The maximum absolute atomic E-state index is 12.2. The number of nitrogens with one attached hydrogen (secondary N) is 1. The molecule has 0 unspecified atom stereocenters. The highest BCUT2D eigenvalue weighted by atomic mass is 16.5. The maximum atomic E-state index is 12.2. The second-order valence-corrected chi connectivity index (χ2v) is 5.33. The summed E-state index contributed by atoms with van der Waals surface area (Å²) in [5.41, 5.74) is 1.52. The molecule has 0 bridgehead atoms. The molecule has 2 amide bonds. The van der Waals surface area contributed by atoms with Gasteiger partial charge >= 0.3 is 0 Å². The standard InChI is InChI=1S/C19H19N3O3/c1-14(23)22(18-9-4-3-6-15(18)13-20)11-10-19(24)21-16-7-5-8-17(12-16)25-2/h3-9,12H,10-11H2,1-2H3,(H,21,24). The number of benzene rings is 2. The van der Waals surface area contributed by atoms with Crippen LogP contribution in [0.25, 0.3) is 0 Å². The van der Waals surface area contributed by atoms with E-state index in [0.29, 0.717) is 22.7 Å². The van der Waals surface area contributed by atoms with Crippen molar-refractivity contribution in [3.63, 3.8) is 0 Å². The van der Waals surface area contributed by atoms with Crippen molar-refractivity contribution in [1.29, 1.82) is 5.26 Å². The lowest BCUT2D eigenvalue weighted by molar-refractivity contribution is -0.117. The molecule has 6 heteroatoms. The zero-order valence-electron chi connectivity index (χ0n) is 14.2. The number of carbonyl (C=O) groups excluding carboxylic acids is 2. The van der Waals surface area contributed by atoms with E-state index in [0.717, 1.165) is 0 Å². The molecule has 6 nitrogen and oxygen atoms in total. The minimum Gasteiger partial charge on any atom is -0.497 e. The predicted octanol–water partition coefficient (Wildman–Crippen LogP) is 2.95. The SMILES string of the molecule is COc1cccc(NC(=O)CCN(C(C)=O)c2ccccc2C#N)c1. The highest BCUT2D eigenvalue weighted by Gasteiger charge is 2.16. The molecule has 128 valence electrons. The van der Waals surface area contributed by atoms with Crippen LogP contribution in [-0.2, 0) is 9.59 Å². The lowest BCUT2D eigenvalue weighted by atomic mass is 10.1. The zero-order valence-corrected chi connectivity index (χ0v) is 14.2. The fourth-order valence-corrected chi connectivity index (χ4v) is 2.39. The van der Waals surface area contributed by atoms with E-state index >= 15 is 0 Å². The predicted molar refractivity (Wildman–Crippen MR) is 95.4 cm³/mol. The number of hydrogen-bond donors (Lipinski definition) is 1. The van der Waals surface area contributed by atoms with Gasteiger partial charge in [-0.3, -0.25) is 9.59 Å². The molecule has 0 heterocycles. The average molecular weight is 337 g/mol. The molecule has 0 aliphatic rings. The Hall–Kier alpha value is -3.33. The van der Waals surface area contributed by atoms with Gasteiger partial charge in [0.1, 0.15) is 11.8 Å².